The average Bonchev–Trinajstić information content (AvgIpc) is 2.27. The number of nitrogens with two attached hydrogens (primary N) is 1. The van der Waals surface area contributed by atoms with Gasteiger partial charge in [-0.2, -0.15) is 0 Å². The number of rotatable bonds is 6. The van der Waals surface area contributed by atoms with E-state index in [9.17, 15) is 19.7 Å². The van der Waals surface area contributed by atoms with E-state index in [1.165, 1.54) is 12.1 Å². The summed E-state index contributed by atoms with van der Waals surface area (Å²) in [5.74, 6) is -2.26. The third kappa shape index (κ3) is 3.17. The Bertz CT molecular complexity index is 499. The van der Waals surface area contributed by atoms with Crippen molar-refractivity contribution in [1.82, 2.24) is 0 Å². The number of carboxylic acids is 1. The molecule has 0 unspecified atom stereocenters. The topological polar surface area (TPSA) is 133 Å². The number of primary amides is 1. The molecule has 0 fully saturated rings. The first kappa shape index (κ1) is 13.4. The molecule has 3 N–H and O–H groups in total. The maximum Gasteiger partial charge on any atom is 0.346 e. The number of hydrogen-bond donors (Lipinski definition) is 2. The molecule has 1 aromatic carbocycles. The van der Waals surface area contributed by atoms with Crippen molar-refractivity contribution in [2.45, 2.75) is 6.42 Å². The van der Waals surface area contributed by atoms with Gasteiger partial charge >= 0.3 is 5.97 Å². The van der Waals surface area contributed by atoms with Crippen LogP contribution < -0.4 is 10.5 Å². The highest BCUT2D eigenvalue weighted by Crippen LogP contribution is 2.28. The number of nitro groups is 1. The first-order valence-electron chi connectivity index (χ1n) is 4.85. The zero-order valence-corrected chi connectivity index (χ0v) is 9.16. The van der Waals surface area contributed by atoms with E-state index in [2.05, 4.69) is 0 Å². The summed E-state index contributed by atoms with van der Waals surface area (Å²) < 4.78 is 5.01. The molecule has 0 spiro atoms. The van der Waals surface area contributed by atoms with Crippen LogP contribution in [0.2, 0.25) is 0 Å². The molecule has 1 aromatic rings. The van der Waals surface area contributed by atoms with Crippen molar-refractivity contribution in [2.75, 3.05) is 6.61 Å². The SMILES string of the molecule is NC(=O)CCOc1cccc([N+](=O)[O-])c1C(=O)O. The molecule has 0 heterocycles. The fourth-order valence-electron chi connectivity index (χ4n) is 1.27. The Morgan fingerprint density at radius 1 is 1.44 bits per heavy atom. The minimum absolute atomic E-state index is 0.109. The highest BCUT2D eigenvalue weighted by atomic mass is 16.6. The van der Waals surface area contributed by atoms with Crippen LogP contribution in [0.1, 0.15) is 16.8 Å². The van der Waals surface area contributed by atoms with E-state index < -0.39 is 28.1 Å². The quantitative estimate of drug-likeness (QED) is 0.562. The second-order valence-corrected chi connectivity index (χ2v) is 3.28. The molecule has 96 valence electrons. The van der Waals surface area contributed by atoms with E-state index in [4.69, 9.17) is 15.6 Å². The minimum atomic E-state index is -1.48. The molecule has 0 aromatic heterocycles. The van der Waals surface area contributed by atoms with Gasteiger partial charge in [-0.15, -0.1) is 0 Å². The summed E-state index contributed by atoms with van der Waals surface area (Å²) in [6.45, 7) is -0.142. The van der Waals surface area contributed by atoms with Crippen molar-refractivity contribution >= 4 is 17.6 Å². The lowest BCUT2D eigenvalue weighted by atomic mass is 10.1. The van der Waals surface area contributed by atoms with Crippen LogP contribution in [0, 0.1) is 10.1 Å². The van der Waals surface area contributed by atoms with Crippen molar-refractivity contribution in [1.29, 1.82) is 0 Å². The number of hydrogen-bond acceptors (Lipinski definition) is 5. The number of carbonyl (C=O) groups excluding carboxylic acids is 1. The van der Waals surface area contributed by atoms with Crippen LogP contribution in [0.3, 0.4) is 0 Å². The van der Waals surface area contributed by atoms with Crippen LogP contribution in [-0.4, -0.2) is 28.5 Å². The molecule has 0 atom stereocenters. The van der Waals surface area contributed by atoms with Gasteiger partial charge in [-0.3, -0.25) is 14.9 Å². The first-order chi connectivity index (χ1) is 8.43. The summed E-state index contributed by atoms with van der Waals surface area (Å²) >= 11 is 0. The molecule has 0 aliphatic rings. The maximum atomic E-state index is 11.0. The van der Waals surface area contributed by atoms with Gasteiger partial charge in [-0.25, -0.2) is 4.79 Å². The minimum Gasteiger partial charge on any atom is -0.492 e. The predicted molar refractivity (Wildman–Crippen MR) is 59.4 cm³/mol. The van der Waals surface area contributed by atoms with Crippen molar-refractivity contribution in [3.8, 4) is 5.75 Å². The van der Waals surface area contributed by atoms with Crippen LogP contribution >= 0.6 is 0 Å². The molecule has 8 nitrogen and oxygen atoms in total. The van der Waals surface area contributed by atoms with Crippen molar-refractivity contribution in [3.05, 3.63) is 33.9 Å². The number of ether oxygens (including phenoxy) is 1. The molecule has 8 heteroatoms. The normalized spacial score (nSPS) is 9.78. The molecule has 0 aliphatic heterocycles. The number of aromatic carboxylic acids is 1. The van der Waals surface area contributed by atoms with Gasteiger partial charge in [0.2, 0.25) is 5.91 Å². The lowest BCUT2D eigenvalue weighted by Crippen LogP contribution is -2.15. The molecule has 1 rings (SSSR count). The Morgan fingerprint density at radius 3 is 2.61 bits per heavy atom. The largest absolute Gasteiger partial charge is 0.492 e. The van der Waals surface area contributed by atoms with Gasteiger partial charge in [0.05, 0.1) is 18.0 Å². The fraction of sp³-hybridized carbons (Fsp3) is 0.200. The van der Waals surface area contributed by atoms with E-state index in [-0.39, 0.29) is 18.8 Å². The zero-order valence-electron chi connectivity index (χ0n) is 9.16. The molecule has 0 aliphatic carbocycles. The highest BCUT2D eigenvalue weighted by molar-refractivity contribution is 5.95. The van der Waals surface area contributed by atoms with Crippen molar-refractivity contribution in [2.24, 2.45) is 5.73 Å². The number of carbonyl (C=O) groups is 2. The number of benzene rings is 1. The van der Waals surface area contributed by atoms with Gasteiger partial charge in [-0.1, -0.05) is 6.07 Å². The van der Waals surface area contributed by atoms with Crippen LogP contribution in [-0.2, 0) is 4.79 Å². The summed E-state index contributed by atoms with van der Waals surface area (Å²) in [7, 11) is 0. The molecule has 0 saturated heterocycles. The maximum absolute atomic E-state index is 11.0. The second-order valence-electron chi connectivity index (χ2n) is 3.28. The number of carboxylic acid groups (broad SMARTS) is 1. The van der Waals surface area contributed by atoms with E-state index >= 15 is 0 Å². The second kappa shape index (κ2) is 5.62. The van der Waals surface area contributed by atoms with Crippen LogP contribution in [0.15, 0.2) is 18.2 Å². The lowest BCUT2D eigenvalue weighted by molar-refractivity contribution is -0.385. The summed E-state index contributed by atoms with van der Waals surface area (Å²) in [6, 6.07) is 3.63. The summed E-state index contributed by atoms with van der Waals surface area (Å²) in [4.78, 5) is 31.3. The monoisotopic (exact) mass is 254 g/mol. The summed E-state index contributed by atoms with van der Waals surface area (Å²) in [5, 5.41) is 19.6. The average molecular weight is 254 g/mol. The number of nitro benzene ring substituents is 1. The fourth-order valence-corrected chi connectivity index (χ4v) is 1.27. The lowest BCUT2D eigenvalue weighted by Gasteiger charge is -2.08. The first-order valence-corrected chi connectivity index (χ1v) is 4.85. The molecule has 0 bridgehead atoms. The summed E-state index contributed by atoms with van der Waals surface area (Å²) in [5.41, 5.74) is 3.77. The van der Waals surface area contributed by atoms with E-state index in [1.54, 1.807) is 0 Å². The Kier molecular flexibility index (Phi) is 4.19. The third-order valence-electron chi connectivity index (χ3n) is 2.02. The Labute approximate surface area is 101 Å². The van der Waals surface area contributed by atoms with Gasteiger partial charge in [0, 0.05) is 6.07 Å². The molecule has 18 heavy (non-hydrogen) atoms. The van der Waals surface area contributed by atoms with Gasteiger partial charge in [0.1, 0.15) is 5.75 Å². The Morgan fingerprint density at radius 2 is 2.11 bits per heavy atom. The van der Waals surface area contributed by atoms with Crippen LogP contribution in [0.25, 0.3) is 0 Å². The predicted octanol–water partition coefficient (Wildman–Crippen LogP) is 0.547. The van der Waals surface area contributed by atoms with Crippen LogP contribution in [0.5, 0.6) is 5.75 Å². The van der Waals surface area contributed by atoms with E-state index in [1.807, 2.05) is 0 Å². The molecular weight excluding hydrogens is 244 g/mol. The Hall–Kier alpha value is -2.64. The molecular formula is C10H10N2O6. The standard InChI is InChI=1S/C10H10N2O6/c11-8(13)4-5-18-7-3-1-2-6(12(16)17)9(7)10(14)15/h1-3H,4-5H2,(H2,11,13)(H,14,15). The molecule has 0 saturated carbocycles. The van der Waals surface area contributed by atoms with Gasteiger partial charge in [0.15, 0.2) is 5.56 Å². The van der Waals surface area contributed by atoms with Gasteiger partial charge in [0.25, 0.3) is 5.69 Å². The van der Waals surface area contributed by atoms with E-state index in [0.717, 1.165) is 6.07 Å². The van der Waals surface area contributed by atoms with Gasteiger partial charge < -0.3 is 15.6 Å². The highest BCUT2D eigenvalue weighted by Gasteiger charge is 2.24. The number of amides is 1. The van der Waals surface area contributed by atoms with Crippen LogP contribution in [0.4, 0.5) is 5.69 Å². The molecule has 0 radical (unpaired) electrons. The third-order valence-corrected chi connectivity index (χ3v) is 2.02. The smallest absolute Gasteiger partial charge is 0.346 e. The summed E-state index contributed by atoms with van der Waals surface area (Å²) in [6.07, 6.45) is -0.109. The Balaban J connectivity index is 3.03. The van der Waals surface area contributed by atoms with Crippen molar-refractivity contribution < 1.29 is 24.4 Å². The number of nitrogens with zero attached hydrogens (tertiary/aromatic N) is 1. The van der Waals surface area contributed by atoms with Gasteiger partial charge in [-0.05, 0) is 6.07 Å². The van der Waals surface area contributed by atoms with Crippen molar-refractivity contribution in [3.63, 3.8) is 0 Å². The zero-order chi connectivity index (χ0) is 13.7. The van der Waals surface area contributed by atoms with E-state index in [0.29, 0.717) is 0 Å². The molecule has 1 amide bonds.